The summed E-state index contributed by atoms with van der Waals surface area (Å²) in [6.45, 7) is 3.78. The first-order valence-electron chi connectivity index (χ1n) is 8.39. The number of rotatable bonds is 4. The van der Waals surface area contributed by atoms with E-state index in [1.54, 1.807) is 18.2 Å². The number of sulfone groups is 1. The first kappa shape index (κ1) is 21.3. The molecule has 5 nitrogen and oxygen atoms in total. The lowest BCUT2D eigenvalue weighted by Crippen LogP contribution is -2.28. The first-order valence-corrected chi connectivity index (χ1v) is 11.9. The van der Waals surface area contributed by atoms with Crippen LogP contribution in [0.25, 0.3) is 0 Å². The molecule has 0 amide bonds. The highest BCUT2D eigenvalue weighted by Crippen LogP contribution is 2.43. The number of fused-ring (bicyclic) bond motifs is 1. The normalized spacial score (nSPS) is 16.0. The Morgan fingerprint density at radius 1 is 1.21 bits per heavy atom. The molecule has 0 radical (unpaired) electrons. The summed E-state index contributed by atoms with van der Waals surface area (Å²) in [6.07, 6.45) is 1.70. The maximum absolute atomic E-state index is 12.7. The van der Waals surface area contributed by atoms with Gasteiger partial charge in [-0.1, -0.05) is 43.1 Å². The van der Waals surface area contributed by atoms with Gasteiger partial charge in [0.2, 0.25) is 0 Å². The van der Waals surface area contributed by atoms with E-state index in [1.807, 2.05) is 13.8 Å². The molecule has 1 aliphatic rings. The summed E-state index contributed by atoms with van der Waals surface area (Å²) < 4.78 is 29.7. The number of carbonyl (C=O) groups excluding carboxylic acids is 2. The number of hydrogen-bond acceptors (Lipinski definition) is 6. The minimum atomic E-state index is -3.65. The summed E-state index contributed by atoms with van der Waals surface area (Å²) >= 11 is 12.7. The molecular formula is C19H18Cl2O5S2. The Morgan fingerprint density at radius 2 is 1.89 bits per heavy atom. The van der Waals surface area contributed by atoms with Crippen LogP contribution < -0.4 is 0 Å². The highest BCUT2D eigenvalue weighted by atomic mass is 35.5. The van der Waals surface area contributed by atoms with Gasteiger partial charge in [0.25, 0.3) is 0 Å². The van der Waals surface area contributed by atoms with Gasteiger partial charge in [-0.2, -0.15) is 0 Å². The van der Waals surface area contributed by atoms with Crippen molar-refractivity contribution in [3.8, 4) is 0 Å². The lowest BCUT2D eigenvalue weighted by atomic mass is 9.74. The van der Waals surface area contributed by atoms with Gasteiger partial charge in [0.05, 0.1) is 15.6 Å². The maximum atomic E-state index is 12.7. The highest BCUT2D eigenvalue weighted by molar-refractivity contribution is 7.92. The number of thiophene rings is 1. The molecule has 1 heterocycles. The standard InChI is InChI=1S/C19H18Cl2O5S2/c1-19(2)7-11-15(14(22)8-19)18(28(3,24)25)27-16(11)17(23)26-9-10-4-5-12(20)13(21)6-10/h4-6H,7-9H2,1-3H3. The van der Waals surface area contributed by atoms with Gasteiger partial charge in [0, 0.05) is 12.7 Å². The lowest BCUT2D eigenvalue weighted by molar-refractivity contribution is 0.0476. The fourth-order valence-corrected chi connectivity index (χ4v) is 5.97. The minimum absolute atomic E-state index is 0.0477. The molecule has 0 spiro atoms. The molecule has 0 bridgehead atoms. The molecule has 28 heavy (non-hydrogen) atoms. The number of halogens is 2. The van der Waals surface area contributed by atoms with E-state index in [-0.39, 0.29) is 38.9 Å². The third-order valence-electron chi connectivity index (χ3n) is 4.42. The Hall–Kier alpha value is -1.41. The third-order valence-corrected chi connectivity index (χ3v) is 8.21. The number of ketones is 1. The molecular weight excluding hydrogens is 443 g/mol. The summed E-state index contributed by atoms with van der Waals surface area (Å²) in [6, 6.07) is 4.87. The molecule has 0 atom stereocenters. The van der Waals surface area contributed by atoms with E-state index < -0.39 is 15.8 Å². The zero-order chi connectivity index (χ0) is 20.9. The molecule has 2 aromatic rings. The quantitative estimate of drug-likeness (QED) is 0.601. The molecule has 1 aromatic carbocycles. The summed E-state index contributed by atoms with van der Waals surface area (Å²) in [7, 11) is -3.65. The first-order chi connectivity index (χ1) is 12.9. The van der Waals surface area contributed by atoms with Crippen LogP contribution in [0.1, 0.15) is 51.4 Å². The van der Waals surface area contributed by atoms with E-state index in [0.717, 1.165) is 17.6 Å². The molecule has 1 aliphatic carbocycles. The predicted molar refractivity (Wildman–Crippen MR) is 109 cm³/mol. The zero-order valence-corrected chi connectivity index (χ0v) is 18.6. The largest absolute Gasteiger partial charge is 0.457 e. The highest BCUT2D eigenvalue weighted by Gasteiger charge is 2.40. The zero-order valence-electron chi connectivity index (χ0n) is 15.5. The lowest BCUT2D eigenvalue weighted by Gasteiger charge is -2.29. The number of carbonyl (C=O) groups is 2. The van der Waals surface area contributed by atoms with E-state index >= 15 is 0 Å². The van der Waals surface area contributed by atoms with Gasteiger partial charge in [-0.05, 0) is 35.1 Å². The van der Waals surface area contributed by atoms with Gasteiger partial charge in [-0.25, -0.2) is 13.2 Å². The molecule has 0 saturated carbocycles. The third kappa shape index (κ3) is 4.27. The summed E-state index contributed by atoms with van der Waals surface area (Å²) in [5, 5.41) is 0.734. The summed E-state index contributed by atoms with van der Waals surface area (Å²) in [5.41, 5.74) is 0.894. The van der Waals surface area contributed by atoms with Crippen molar-refractivity contribution in [2.45, 2.75) is 37.5 Å². The fourth-order valence-electron chi connectivity index (χ4n) is 3.23. The van der Waals surface area contributed by atoms with Gasteiger partial charge in [0.15, 0.2) is 15.6 Å². The van der Waals surface area contributed by atoms with Crippen LogP contribution in [0.4, 0.5) is 0 Å². The molecule has 3 rings (SSSR count). The number of Topliss-reactive ketones (excluding diaryl/α,β-unsaturated/α-hetero) is 1. The fraction of sp³-hybridized carbons (Fsp3) is 0.368. The minimum Gasteiger partial charge on any atom is -0.457 e. The van der Waals surface area contributed by atoms with Gasteiger partial charge in [0.1, 0.15) is 15.7 Å². The van der Waals surface area contributed by atoms with Crippen LogP contribution in [0.2, 0.25) is 10.0 Å². The second kappa shape index (κ2) is 7.44. The van der Waals surface area contributed by atoms with E-state index in [4.69, 9.17) is 27.9 Å². The van der Waals surface area contributed by atoms with Crippen LogP contribution in [0, 0.1) is 5.41 Å². The molecule has 0 fully saturated rings. The topological polar surface area (TPSA) is 77.5 Å². The monoisotopic (exact) mass is 460 g/mol. The van der Waals surface area contributed by atoms with Crippen molar-refractivity contribution in [2.75, 3.05) is 6.26 Å². The Kier molecular flexibility index (Phi) is 5.66. The van der Waals surface area contributed by atoms with Crippen molar-refractivity contribution in [3.05, 3.63) is 49.8 Å². The van der Waals surface area contributed by atoms with E-state index in [0.29, 0.717) is 27.6 Å². The Bertz CT molecular complexity index is 1080. The molecule has 0 N–H and O–H groups in total. The van der Waals surface area contributed by atoms with E-state index in [9.17, 15) is 18.0 Å². The van der Waals surface area contributed by atoms with Gasteiger partial charge >= 0.3 is 5.97 Å². The average Bonchev–Trinajstić information content (AvgIpc) is 2.94. The smallest absolute Gasteiger partial charge is 0.348 e. The van der Waals surface area contributed by atoms with Crippen LogP contribution in [-0.2, 0) is 27.6 Å². The summed E-state index contributed by atoms with van der Waals surface area (Å²) in [5.74, 6) is -0.917. The molecule has 150 valence electrons. The van der Waals surface area contributed by atoms with Crippen molar-refractivity contribution in [1.29, 1.82) is 0 Å². The Labute approximate surface area is 177 Å². The maximum Gasteiger partial charge on any atom is 0.348 e. The van der Waals surface area contributed by atoms with Gasteiger partial charge < -0.3 is 4.74 Å². The average molecular weight is 461 g/mol. The van der Waals surface area contributed by atoms with Crippen molar-refractivity contribution in [1.82, 2.24) is 0 Å². The summed E-state index contributed by atoms with van der Waals surface area (Å²) in [4.78, 5) is 25.5. The van der Waals surface area contributed by atoms with Crippen LogP contribution >= 0.6 is 34.5 Å². The van der Waals surface area contributed by atoms with Crippen molar-refractivity contribution < 1.29 is 22.7 Å². The second-order valence-corrected chi connectivity index (χ2v) is 11.7. The second-order valence-electron chi connectivity index (χ2n) is 7.61. The van der Waals surface area contributed by atoms with E-state index in [1.165, 1.54) is 0 Å². The van der Waals surface area contributed by atoms with E-state index in [2.05, 4.69) is 0 Å². The molecule has 9 heteroatoms. The van der Waals surface area contributed by atoms with Crippen LogP contribution in [0.15, 0.2) is 22.4 Å². The Morgan fingerprint density at radius 3 is 2.50 bits per heavy atom. The number of ether oxygens (including phenoxy) is 1. The van der Waals surface area contributed by atoms with Crippen LogP contribution in [-0.4, -0.2) is 26.4 Å². The van der Waals surface area contributed by atoms with Crippen molar-refractivity contribution in [2.24, 2.45) is 5.41 Å². The predicted octanol–water partition coefficient (Wildman–Crippen LogP) is 4.97. The SMILES string of the molecule is CC1(C)CC(=O)c2c(S(C)(=O)=O)sc(C(=O)OCc3ccc(Cl)c(Cl)c3)c2C1. The van der Waals surface area contributed by atoms with Crippen LogP contribution in [0.5, 0.6) is 0 Å². The Balaban J connectivity index is 1.96. The molecule has 0 unspecified atom stereocenters. The van der Waals surface area contributed by atoms with Crippen molar-refractivity contribution in [3.63, 3.8) is 0 Å². The molecule has 0 aliphatic heterocycles. The van der Waals surface area contributed by atoms with Gasteiger partial charge in [-0.15, -0.1) is 11.3 Å². The number of hydrogen-bond donors (Lipinski definition) is 0. The molecule has 0 saturated heterocycles. The van der Waals surface area contributed by atoms with Gasteiger partial charge in [-0.3, -0.25) is 4.79 Å². The number of benzene rings is 1. The van der Waals surface area contributed by atoms with Crippen LogP contribution in [0.3, 0.4) is 0 Å². The van der Waals surface area contributed by atoms with Crippen molar-refractivity contribution >= 4 is 56.1 Å². The molecule has 1 aromatic heterocycles. The number of esters is 1.